The Morgan fingerprint density at radius 2 is 2.22 bits per heavy atom. The largest absolute Gasteiger partial charge is 0.360 e. The average Bonchev–Trinajstić information content (AvgIpc) is 3.12. The van der Waals surface area contributed by atoms with Crippen LogP contribution in [0.2, 0.25) is 0 Å². The smallest absolute Gasteiger partial charge is 0.273 e. The quantitative estimate of drug-likeness (QED) is 0.908. The third-order valence-corrected chi connectivity index (χ3v) is 4.34. The number of carbonyl (C=O) groups is 2. The van der Waals surface area contributed by atoms with Gasteiger partial charge in [-0.05, 0) is 37.0 Å². The number of carbonyl (C=O) groups excluding carboxylic acids is 2. The van der Waals surface area contributed by atoms with Gasteiger partial charge in [0.15, 0.2) is 5.69 Å². The summed E-state index contributed by atoms with van der Waals surface area (Å²) in [5.74, 6) is 0.986. The van der Waals surface area contributed by atoms with Crippen LogP contribution in [0.4, 0.5) is 5.69 Å². The molecule has 1 fully saturated rings. The molecule has 1 saturated carbocycles. The number of hydrogen-bond acceptors (Lipinski definition) is 4. The average molecular weight is 311 g/mol. The van der Waals surface area contributed by atoms with Crippen molar-refractivity contribution in [2.24, 2.45) is 0 Å². The van der Waals surface area contributed by atoms with Crippen LogP contribution < -0.4 is 10.6 Å². The third-order valence-electron chi connectivity index (χ3n) is 4.34. The molecule has 0 bridgehead atoms. The molecule has 2 heterocycles. The van der Waals surface area contributed by atoms with Gasteiger partial charge in [0.05, 0.1) is 12.5 Å². The first-order valence-corrected chi connectivity index (χ1v) is 7.80. The Hall–Kier alpha value is -2.63. The van der Waals surface area contributed by atoms with Crippen LogP contribution in [-0.4, -0.2) is 17.0 Å². The van der Waals surface area contributed by atoms with Crippen molar-refractivity contribution < 1.29 is 14.1 Å². The number of nitrogens with zero attached hydrogens (tertiary/aromatic N) is 1. The minimum absolute atomic E-state index is 0.00374. The molecule has 23 heavy (non-hydrogen) atoms. The van der Waals surface area contributed by atoms with E-state index < -0.39 is 0 Å². The first-order chi connectivity index (χ1) is 11.1. The number of benzene rings is 1. The van der Waals surface area contributed by atoms with Gasteiger partial charge < -0.3 is 15.2 Å². The molecule has 1 aliphatic heterocycles. The van der Waals surface area contributed by atoms with Crippen molar-refractivity contribution in [3.05, 3.63) is 46.8 Å². The highest BCUT2D eigenvalue weighted by Gasteiger charge is 2.29. The predicted molar refractivity (Wildman–Crippen MR) is 83.1 cm³/mol. The minimum Gasteiger partial charge on any atom is -0.360 e. The molecule has 2 aromatic rings. The van der Waals surface area contributed by atoms with Gasteiger partial charge in [-0.15, -0.1) is 0 Å². The van der Waals surface area contributed by atoms with Gasteiger partial charge in [0, 0.05) is 17.7 Å². The molecule has 1 aromatic carbocycles. The zero-order chi connectivity index (χ0) is 16.0. The highest BCUT2D eigenvalue weighted by molar-refractivity contribution is 5.99. The van der Waals surface area contributed by atoms with Gasteiger partial charge in [-0.2, -0.15) is 0 Å². The maximum absolute atomic E-state index is 12.3. The Kier molecular flexibility index (Phi) is 3.18. The summed E-state index contributed by atoms with van der Waals surface area (Å²) in [5.41, 5.74) is 3.09. The molecule has 1 aromatic heterocycles. The van der Waals surface area contributed by atoms with E-state index >= 15 is 0 Å². The van der Waals surface area contributed by atoms with E-state index in [-0.39, 0.29) is 17.9 Å². The summed E-state index contributed by atoms with van der Waals surface area (Å²) in [6.45, 7) is 1.91. The summed E-state index contributed by atoms with van der Waals surface area (Å²) in [4.78, 5) is 23.7. The second-order valence-electron chi connectivity index (χ2n) is 6.23. The number of fused-ring (bicyclic) bond motifs is 1. The molecule has 118 valence electrons. The highest BCUT2D eigenvalue weighted by Crippen LogP contribution is 2.40. The first kappa shape index (κ1) is 14.0. The lowest BCUT2D eigenvalue weighted by Crippen LogP contribution is -2.26. The fourth-order valence-electron chi connectivity index (χ4n) is 2.83. The van der Waals surface area contributed by atoms with Crippen molar-refractivity contribution >= 4 is 17.5 Å². The van der Waals surface area contributed by atoms with Crippen LogP contribution in [0.3, 0.4) is 0 Å². The summed E-state index contributed by atoms with van der Waals surface area (Å²) in [6.07, 6.45) is 2.60. The van der Waals surface area contributed by atoms with E-state index in [0.29, 0.717) is 18.0 Å². The number of aromatic nitrogens is 1. The molecular formula is C17H17N3O3. The van der Waals surface area contributed by atoms with Gasteiger partial charge in [-0.3, -0.25) is 9.59 Å². The van der Waals surface area contributed by atoms with Gasteiger partial charge in [0.25, 0.3) is 5.91 Å². The number of amides is 2. The normalized spacial score (nSPS) is 17.5. The second-order valence-corrected chi connectivity index (χ2v) is 6.23. The molecular weight excluding hydrogens is 294 g/mol. The lowest BCUT2D eigenvalue weighted by molar-refractivity contribution is -0.115. The lowest BCUT2D eigenvalue weighted by Gasteiger charge is -2.14. The molecule has 4 rings (SSSR count). The SMILES string of the molecule is C[C@@H](NC(=O)c1cc(C2CC2)on1)c1ccc2c(c1)CC(=O)N2. The summed E-state index contributed by atoms with van der Waals surface area (Å²) < 4.78 is 5.21. The van der Waals surface area contributed by atoms with E-state index in [1.165, 1.54) is 0 Å². The zero-order valence-electron chi connectivity index (χ0n) is 12.8. The van der Waals surface area contributed by atoms with Crippen LogP contribution in [0.15, 0.2) is 28.8 Å². The first-order valence-electron chi connectivity index (χ1n) is 7.80. The Bertz CT molecular complexity index is 792. The number of nitrogens with one attached hydrogen (secondary N) is 2. The topological polar surface area (TPSA) is 84.2 Å². The van der Waals surface area contributed by atoms with Crippen molar-refractivity contribution in [2.75, 3.05) is 5.32 Å². The van der Waals surface area contributed by atoms with Crippen molar-refractivity contribution in [1.29, 1.82) is 0 Å². The number of anilines is 1. The van der Waals surface area contributed by atoms with Crippen LogP contribution in [0, 0.1) is 0 Å². The molecule has 0 spiro atoms. The lowest BCUT2D eigenvalue weighted by atomic mass is 10.0. The van der Waals surface area contributed by atoms with Gasteiger partial charge in [-0.1, -0.05) is 17.3 Å². The monoisotopic (exact) mass is 311 g/mol. The molecule has 0 radical (unpaired) electrons. The zero-order valence-corrected chi connectivity index (χ0v) is 12.8. The van der Waals surface area contributed by atoms with Crippen LogP contribution in [-0.2, 0) is 11.2 Å². The van der Waals surface area contributed by atoms with E-state index in [1.54, 1.807) is 6.07 Å². The van der Waals surface area contributed by atoms with E-state index in [1.807, 2.05) is 25.1 Å². The fourth-order valence-corrected chi connectivity index (χ4v) is 2.83. The van der Waals surface area contributed by atoms with Gasteiger partial charge in [0.1, 0.15) is 5.76 Å². The van der Waals surface area contributed by atoms with E-state index in [0.717, 1.165) is 35.4 Å². The molecule has 1 atom stereocenters. The van der Waals surface area contributed by atoms with Crippen LogP contribution in [0.1, 0.15) is 59.1 Å². The summed E-state index contributed by atoms with van der Waals surface area (Å²) in [7, 11) is 0. The van der Waals surface area contributed by atoms with Crippen molar-refractivity contribution in [3.63, 3.8) is 0 Å². The molecule has 6 heteroatoms. The van der Waals surface area contributed by atoms with Crippen LogP contribution in [0.25, 0.3) is 0 Å². The Morgan fingerprint density at radius 1 is 1.39 bits per heavy atom. The van der Waals surface area contributed by atoms with E-state index in [4.69, 9.17) is 4.52 Å². The maximum atomic E-state index is 12.3. The van der Waals surface area contributed by atoms with Gasteiger partial charge in [-0.25, -0.2) is 0 Å². The summed E-state index contributed by atoms with van der Waals surface area (Å²) in [6, 6.07) is 7.29. The minimum atomic E-state index is -0.247. The molecule has 6 nitrogen and oxygen atoms in total. The summed E-state index contributed by atoms with van der Waals surface area (Å²) >= 11 is 0. The highest BCUT2D eigenvalue weighted by atomic mass is 16.5. The van der Waals surface area contributed by atoms with E-state index in [2.05, 4.69) is 15.8 Å². The Balaban J connectivity index is 1.46. The molecule has 1 aliphatic carbocycles. The van der Waals surface area contributed by atoms with Crippen molar-refractivity contribution in [1.82, 2.24) is 10.5 Å². The molecule has 0 saturated heterocycles. The van der Waals surface area contributed by atoms with Crippen molar-refractivity contribution in [2.45, 2.75) is 38.1 Å². The number of hydrogen-bond donors (Lipinski definition) is 2. The second kappa shape index (κ2) is 5.22. The van der Waals surface area contributed by atoms with E-state index in [9.17, 15) is 9.59 Å². The molecule has 2 amide bonds. The predicted octanol–water partition coefficient (Wildman–Crippen LogP) is 2.54. The molecule has 2 aliphatic rings. The van der Waals surface area contributed by atoms with Crippen LogP contribution in [0.5, 0.6) is 0 Å². The standard InChI is InChI=1S/C17H17N3O3/c1-9(11-4-5-13-12(6-11)7-16(21)19-13)18-17(22)14-8-15(23-20-14)10-2-3-10/h4-6,8-10H,2-3,7H2,1H3,(H,18,22)(H,19,21)/t9-/m1/s1. The Labute approximate surface area is 133 Å². The Morgan fingerprint density at radius 3 is 3.00 bits per heavy atom. The molecule has 0 unspecified atom stereocenters. The number of rotatable bonds is 4. The fraction of sp³-hybridized carbons (Fsp3) is 0.353. The van der Waals surface area contributed by atoms with Gasteiger partial charge in [0.2, 0.25) is 5.91 Å². The third kappa shape index (κ3) is 2.72. The van der Waals surface area contributed by atoms with Crippen molar-refractivity contribution in [3.8, 4) is 0 Å². The maximum Gasteiger partial charge on any atom is 0.273 e. The van der Waals surface area contributed by atoms with Crippen LogP contribution >= 0.6 is 0 Å². The van der Waals surface area contributed by atoms with Gasteiger partial charge >= 0.3 is 0 Å². The summed E-state index contributed by atoms with van der Waals surface area (Å²) in [5, 5.41) is 9.57. The molecule has 2 N–H and O–H groups in total.